The number of hydrogen-bond acceptors (Lipinski definition) is 5. The molecule has 0 aliphatic heterocycles. The highest BCUT2D eigenvalue weighted by Crippen LogP contribution is 2.35. The second kappa shape index (κ2) is 6.79. The number of ether oxygens (including phenoxy) is 1. The minimum atomic E-state index is 0.0343. The summed E-state index contributed by atoms with van der Waals surface area (Å²) in [7, 11) is 1.76. The van der Waals surface area contributed by atoms with Crippen molar-refractivity contribution in [1.29, 1.82) is 0 Å². The molecular weight excluding hydrogens is 258 g/mol. The summed E-state index contributed by atoms with van der Waals surface area (Å²) in [6.45, 7) is 6.97. The number of methoxy groups -OCH3 is 1. The fraction of sp³-hybridized carbons (Fsp3) is 0.786. The Labute approximate surface area is 120 Å². The summed E-state index contributed by atoms with van der Waals surface area (Å²) in [5, 5.41) is 3.17. The van der Waals surface area contributed by atoms with E-state index in [1.807, 2.05) is 6.92 Å². The van der Waals surface area contributed by atoms with Crippen molar-refractivity contribution in [3.05, 3.63) is 16.1 Å². The molecule has 1 aromatic heterocycles. The van der Waals surface area contributed by atoms with Crippen LogP contribution in [0.5, 0.6) is 0 Å². The maximum atomic E-state index is 5.87. The maximum absolute atomic E-state index is 5.87. The number of hydrogen-bond donors (Lipinski definition) is 1. The largest absolute Gasteiger partial charge is 0.383 e. The van der Waals surface area contributed by atoms with Gasteiger partial charge in [0.2, 0.25) is 0 Å². The molecule has 4 nitrogen and oxygen atoms in total. The van der Waals surface area contributed by atoms with E-state index in [1.165, 1.54) is 12.8 Å². The average molecular weight is 283 g/mol. The predicted molar refractivity (Wildman–Crippen MR) is 79.2 cm³/mol. The Morgan fingerprint density at radius 2 is 2.26 bits per heavy atom. The number of thiazole rings is 1. The van der Waals surface area contributed by atoms with Crippen LogP contribution in [0.25, 0.3) is 0 Å². The molecule has 0 aromatic carbocycles. The van der Waals surface area contributed by atoms with Crippen LogP contribution in [0.4, 0.5) is 0 Å². The highest BCUT2D eigenvalue weighted by atomic mass is 32.1. The Bertz CT molecular complexity index is 390. The van der Waals surface area contributed by atoms with E-state index >= 15 is 0 Å². The van der Waals surface area contributed by atoms with Crippen LogP contribution in [0, 0.1) is 5.92 Å². The number of nitrogens with zero attached hydrogens (tertiary/aromatic N) is 2. The van der Waals surface area contributed by atoms with Gasteiger partial charge < -0.3 is 10.5 Å². The molecule has 1 saturated carbocycles. The molecule has 108 valence electrons. The zero-order chi connectivity index (χ0) is 13.8. The molecule has 0 spiro atoms. The summed E-state index contributed by atoms with van der Waals surface area (Å²) in [5.74, 6) is 0.864. The highest BCUT2D eigenvalue weighted by Gasteiger charge is 2.32. The molecule has 0 saturated heterocycles. The minimum Gasteiger partial charge on any atom is -0.383 e. The van der Waals surface area contributed by atoms with Crippen LogP contribution < -0.4 is 5.73 Å². The van der Waals surface area contributed by atoms with Crippen molar-refractivity contribution < 1.29 is 4.74 Å². The molecule has 2 N–H and O–H groups in total. The van der Waals surface area contributed by atoms with E-state index in [4.69, 9.17) is 10.5 Å². The van der Waals surface area contributed by atoms with Crippen LogP contribution in [-0.2, 0) is 11.3 Å². The number of aromatic nitrogens is 1. The van der Waals surface area contributed by atoms with Gasteiger partial charge in [-0.2, -0.15) is 0 Å². The van der Waals surface area contributed by atoms with Gasteiger partial charge in [0.15, 0.2) is 0 Å². The van der Waals surface area contributed by atoms with Gasteiger partial charge in [-0.3, -0.25) is 4.90 Å². The van der Waals surface area contributed by atoms with Crippen molar-refractivity contribution >= 4 is 11.3 Å². The lowest BCUT2D eigenvalue weighted by atomic mass is 10.1. The molecule has 0 radical (unpaired) electrons. The van der Waals surface area contributed by atoms with Gasteiger partial charge in [0, 0.05) is 31.6 Å². The maximum Gasteiger partial charge on any atom is 0.109 e. The molecule has 1 aliphatic carbocycles. The van der Waals surface area contributed by atoms with Gasteiger partial charge in [0.1, 0.15) is 5.01 Å². The zero-order valence-corrected chi connectivity index (χ0v) is 12.9. The molecule has 1 aliphatic rings. The summed E-state index contributed by atoms with van der Waals surface area (Å²) < 4.78 is 5.22. The van der Waals surface area contributed by atoms with E-state index in [0.29, 0.717) is 6.04 Å². The molecule has 2 rings (SSSR count). The van der Waals surface area contributed by atoms with Gasteiger partial charge in [0.05, 0.1) is 18.3 Å². The van der Waals surface area contributed by atoms with E-state index in [2.05, 4.69) is 22.2 Å². The van der Waals surface area contributed by atoms with Crippen LogP contribution in [0.1, 0.15) is 43.4 Å². The standard InChI is InChI=1S/C14H25N3OS/c1-10(15)14-16-13(9-19-14)8-17(6-7-18-3)11(2)12-4-5-12/h9-12H,4-8,15H2,1-3H3. The molecule has 1 heterocycles. The van der Waals surface area contributed by atoms with Crippen LogP contribution in [0.3, 0.4) is 0 Å². The van der Waals surface area contributed by atoms with Crippen LogP contribution in [0.2, 0.25) is 0 Å². The molecule has 19 heavy (non-hydrogen) atoms. The Morgan fingerprint density at radius 3 is 2.79 bits per heavy atom. The van der Waals surface area contributed by atoms with E-state index in [1.54, 1.807) is 18.4 Å². The monoisotopic (exact) mass is 283 g/mol. The Hall–Kier alpha value is -0.490. The molecule has 1 fully saturated rings. The molecule has 5 heteroatoms. The van der Waals surface area contributed by atoms with Crippen molar-refractivity contribution in [3.8, 4) is 0 Å². The summed E-state index contributed by atoms with van der Waals surface area (Å²) in [6, 6.07) is 0.655. The first kappa shape index (κ1) is 14.9. The molecule has 1 aromatic rings. The SMILES string of the molecule is COCCN(Cc1csc(C(C)N)n1)C(C)C1CC1. The number of rotatable bonds is 8. The second-order valence-electron chi connectivity index (χ2n) is 5.51. The molecular formula is C14H25N3OS. The second-order valence-corrected chi connectivity index (χ2v) is 6.40. The first-order chi connectivity index (χ1) is 9.11. The van der Waals surface area contributed by atoms with Gasteiger partial charge in [0.25, 0.3) is 0 Å². The smallest absolute Gasteiger partial charge is 0.109 e. The van der Waals surface area contributed by atoms with Crippen molar-refractivity contribution in [3.63, 3.8) is 0 Å². The van der Waals surface area contributed by atoms with Gasteiger partial charge in [-0.1, -0.05) is 0 Å². The third-order valence-electron chi connectivity index (χ3n) is 3.79. The normalized spacial score (nSPS) is 18.8. The van der Waals surface area contributed by atoms with Gasteiger partial charge in [-0.25, -0.2) is 4.98 Å². The topological polar surface area (TPSA) is 51.4 Å². The Morgan fingerprint density at radius 1 is 1.53 bits per heavy atom. The lowest BCUT2D eigenvalue weighted by molar-refractivity contribution is 0.111. The van der Waals surface area contributed by atoms with Crippen molar-refractivity contribution in [2.24, 2.45) is 11.7 Å². The lowest BCUT2D eigenvalue weighted by Crippen LogP contribution is -2.36. The fourth-order valence-corrected chi connectivity index (χ4v) is 3.09. The zero-order valence-electron chi connectivity index (χ0n) is 12.1. The van der Waals surface area contributed by atoms with E-state index in [0.717, 1.165) is 36.3 Å². The molecule has 2 unspecified atom stereocenters. The van der Waals surface area contributed by atoms with Gasteiger partial charge in [-0.05, 0) is 32.6 Å². The third kappa shape index (κ3) is 4.24. The van der Waals surface area contributed by atoms with E-state index in [-0.39, 0.29) is 6.04 Å². The fourth-order valence-electron chi connectivity index (χ4n) is 2.32. The Balaban J connectivity index is 1.96. The summed E-state index contributed by atoms with van der Waals surface area (Å²) in [4.78, 5) is 7.12. The van der Waals surface area contributed by atoms with E-state index < -0.39 is 0 Å². The summed E-state index contributed by atoms with van der Waals surface area (Å²) in [5.41, 5.74) is 7.01. The van der Waals surface area contributed by atoms with Gasteiger partial charge >= 0.3 is 0 Å². The lowest BCUT2D eigenvalue weighted by Gasteiger charge is -2.28. The summed E-state index contributed by atoms with van der Waals surface area (Å²) >= 11 is 1.67. The number of nitrogens with two attached hydrogens (primary N) is 1. The summed E-state index contributed by atoms with van der Waals surface area (Å²) in [6.07, 6.45) is 2.74. The van der Waals surface area contributed by atoms with Crippen LogP contribution >= 0.6 is 11.3 Å². The average Bonchev–Trinajstić information content (AvgIpc) is 3.13. The predicted octanol–water partition coefficient (Wildman–Crippen LogP) is 2.41. The van der Waals surface area contributed by atoms with Crippen molar-refractivity contribution in [1.82, 2.24) is 9.88 Å². The molecule has 0 bridgehead atoms. The quantitative estimate of drug-likeness (QED) is 0.796. The Kier molecular flexibility index (Phi) is 5.33. The van der Waals surface area contributed by atoms with Crippen molar-refractivity contribution in [2.75, 3.05) is 20.3 Å². The van der Waals surface area contributed by atoms with Crippen LogP contribution in [-0.4, -0.2) is 36.2 Å². The first-order valence-corrected chi connectivity index (χ1v) is 7.92. The highest BCUT2D eigenvalue weighted by molar-refractivity contribution is 7.09. The first-order valence-electron chi connectivity index (χ1n) is 7.04. The molecule has 2 atom stereocenters. The van der Waals surface area contributed by atoms with Gasteiger partial charge in [-0.15, -0.1) is 11.3 Å². The van der Waals surface area contributed by atoms with Crippen molar-refractivity contribution in [2.45, 2.75) is 45.3 Å². The minimum absolute atomic E-state index is 0.0343. The molecule has 0 amide bonds. The van der Waals surface area contributed by atoms with E-state index in [9.17, 15) is 0 Å². The van der Waals surface area contributed by atoms with Crippen LogP contribution in [0.15, 0.2) is 5.38 Å². The third-order valence-corrected chi connectivity index (χ3v) is 4.88.